The Balaban J connectivity index is 4.35. The standard InChI is InChI=1S/C10H17NO2/c1-7(2)8(11-6)9(12)13-10(3,4)5/h7-8H,1-5H3. The van der Waals surface area contributed by atoms with Crippen molar-refractivity contribution in [2.45, 2.75) is 46.3 Å². The van der Waals surface area contributed by atoms with E-state index in [1.165, 1.54) is 0 Å². The van der Waals surface area contributed by atoms with Gasteiger partial charge >= 0.3 is 12.0 Å². The van der Waals surface area contributed by atoms with Crippen LogP contribution in [-0.4, -0.2) is 17.6 Å². The van der Waals surface area contributed by atoms with Gasteiger partial charge in [0.25, 0.3) is 0 Å². The lowest BCUT2D eigenvalue weighted by Gasteiger charge is -2.20. The number of hydrogen-bond donors (Lipinski definition) is 0. The van der Waals surface area contributed by atoms with Crippen molar-refractivity contribution in [3.05, 3.63) is 11.4 Å². The quantitative estimate of drug-likeness (QED) is 0.485. The molecule has 0 aliphatic heterocycles. The first-order valence-corrected chi connectivity index (χ1v) is 4.37. The summed E-state index contributed by atoms with van der Waals surface area (Å²) in [5, 5.41) is 0. The van der Waals surface area contributed by atoms with Crippen molar-refractivity contribution in [2.24, 2.45) is 5.92 Å². The van der Waals surface area contributed by atoms with E-state index in [-0.39, 0.29) is 5.92 Å². The number of ether oxygens (including phenoxy) is 1. The van der Waals surface area contributed by atoms with Crippen LogP contribution < -0.4 is 0 Å². The van der Waals surface area contributed by atoms with Gasteiger partial charge in [0.05, 0.1) is 0 Å². The first-order chi connectivity index (χ1) is 5.78. The zero-order valence-corrected chi connectivity index (χ0v) is 8.92. The highest BCUT2D eigenvalue weighted by molar-refractivity contribution is 5.78. The third-order valence-electron chi connectivity index (χ3n) is 1.42. The van der Waals surface area contributed by atoms with E-state index in [4.69, 9.17) is 11.3 Å². The van der Waals surface area contributed by atoms with E-state index < -0.39 is 17.6 Å². The molecule has 0 aromatic heterocycles. The number of nitrogens with zero attached hydrogens (tertiary/aromatic N) is 1. The molecule has 0 aliphatic rings. The second-order valence-electron chi connectivity index (χ2n) is 4.35. The number of carbonyl (C=O) groups is 1. The fourth-order valence-electron chi connectivity index (χ4n) is 0.836. The highest BCUT2D eigenvalue weighted by Crippen LogP contribution is 2.14. The molecule has 3 nitrogen and oxygen atoms in total. The van der Waals surface area contributed by atoms with Gasteiger partial charge in [0.15, 0.2) is 0 Å². The van der Waals surface area contributed by atoms with Gasteiger partial charge in [-0.3, -0.25) is 0 Å². The summed E-state index contributed by atoms with van der Waals surface area (Å²) in [6.07, 6.45) is 0. The number of rotatable bonds is 2. The summed E-state index contributed by atoms with van der Waals surface area (Å²) in [4.78, 5) is 14.6. The van der Waals surface area contributed by atoms with Gasteiger partial charge in [-0.1, -0.05) is 13.8 Å². The van der Waals surface area contributed by atoms with Crippen molar-refractivity contribution in [3.8, 4) is 0 Å². The Morgan fingerprint density at radius 1 is 1.38 bits per heavy atom. The van der Waals surface area contributed by atoms with Crippen LogP contribution in [0.15, 0.2) is 0 Å². The van der Waals surface area contributed by atoms with Crippen molar-refractivity contribution in [3.63, 3.8) is 0 Å². The monoisotopic (exact) mass is 183 g/mol. The maximum Gasteiger partial charge on any atom is 0.391 e. The molecule has 1 unspecified atom stereocenters. The third kappa shape index (κ3) is 4.51. The number of hydrogen-bond acceptors (Lipinski definition) is 2. The molecule has 1 atom stereocenters. The molecule has 0 spiro atoms. The lowest BCUT2D eigenvalue weighted by Crippen LogP contribution is -2.32. The predicted molar refractivity (Wildman–Crippen MR) is 51.1 cm³/mol. The molecule has 0 radical (unpaired) electrons. The van der Waals surface area contributed by atoms with Gasteiger partial charge in [0.2, 0.25) is 0 Å². The first-order valence-electron chi connectivity index (χ1n) is 4.37. The Morgan fingerprint density at radius 3 is 2.08 bits per heavy atom. The minimum absolute atomic E-state index is 0.00681. The summed E-state index contributed by atoms with van der Waals surface area (Å²) in [6, 6.07) is -0.667. The molecule has 0 saturated carbocycles. The maximum absolute atomic E-state index is 11.4. The molecule has 0 aromatic carbocycles. The topological polar surface area (TPSA) is 30.7 Å². The molecule has 0 amide bonds. The Kier molecular flexibility index (Phi) is 3.93. The number of carbonyl (C=O) groups excluding carboxylic acids is 1. The van der Waals surface area contributed by atoms with Crippen LogP contribution in [0.5, 0.6) is 0 Å². The SMILES string of the molecule is [C-]#[N+]C(C(=O)OC(C)(C)C)C(C)C. The van der Waals surface area contributed by atoms with Gasteiger partial charge in [0, 0.05) is 5.92 Å². The Labute approximate surface area is 79.9 Å². The van der Waals surface area contributed by atoms with Crippen LogP contribution in [0.4, 0.5) is 0 Å². The van der Waals surface area contributed by atoms with Crippen molar-refractivity contribution in [1.29, 1.82) is 0 Å². The molecule has 0 aliphatic carbocycles. The molecule has 0 N–H and O–H groups in total. The molecule has 74 valence electrons. The zero-order chi connectivity index (χ0) is 10.6. The van der Waals surface area contributed by atoms with Crippen LogP contribution in [0.1, 0.15) is 34.6 Å². The fourth-order valence-corrected chi connectivity index (χ4v) is 0.836. The summed E-state index contributed by atoms with van der Waals surface area (Å²) in [5.41, 5.74) is -0.505. The van der Waals surface area contributed by atoms with Crippen molar-refractivity contribution in [2.75, 3.05) is 0 Å². The van der Waals surface area contributed by atoms with E-state index in [0.717, 1.165) is 0 Å². The molecule has 0 rings (SSSR count). The second-order valence-corrected chi connectivity index (χ2v) is 4.35. The van der Waals surface area contributed by atoms with E-state index in [9.17, 15) is 4.79 Å². The van der Waals surface area contributed by atoms with Gasteiger partial charge in [-0.25, -0.2) is 11.4 Å². The summed E-state index contributed by atoms with van der Waals surface area (Å²) < 4.78 is 5.10. The van der Waals surface area contributed by atoms with Crippen molar-refractivity contribution in [1.82, 2.24) is 0 Å². The van der Waals surface area contributed by atoms with Crippen LogP contribution in [-0.2, 0) is 9.53 Å². The summed E-state index contributed by atoms with van der Waals surface area (Å²) in [5.74, 6) is -0.412. The summed E-state index contributed by atoms with van der Waals surface area (Å²) in [6.45, 7) is 15.9. The third-order valence-corrected chi connectivity index (χ3v) is 1.42. The van der Waals surface area contributed by atoms with E-state index in [0.29, 0.717) is 0 Å². The van der Waals surface area contributed by atoms with E-state index in [1.54, 1.807) is 20.8 Å². The van der Waals surface area contributed by atoms with Gasteiger partial charge in [-0.05, 0) is 20.8 Å². The number of esters is 1. The van der Waals surface area contributed by atoms with Gasteiger partial charge in [0.1, 0.15) is 5.60 Å². The minimum atomic E-state index is -0.667. The minimum Gasteiger partial charge on any atom is -0.454 e. The molecule has 0 bridgehead atoms. The molecule has 0 fully saturated rings. The van der Waals surface area contributed by atoms with E-state index in [2.05, 4.69) is 4.85 Å². The largest absolute Gasteiger partial charge is 0.454 e. The van der Waals surface area contributed by atoms with Gasteiger partial charge in [-0.2, -0.15) is 0 Å². The highest BCUT2D eigenvalue weighted by atomic mass is 16.6. The first kappa shape index (κ1) is 12.0. The van der Waals surface area contributed by atoms with Crippen LogP contribution >= 0.6 is 0 Å². The molecule has 13 heavy (non-hydrogen) atoms. The molecular weight excluding hydrogens is 166 g/mol. The maximum atomic E-state index is 11.4. The Morgan fingerprint density at radius 2 is 1.85 bits per heavy atom. The lowest BCUT2D eigenvalue weighted by atomic mass is 10.1. The molecule has 0 saturated heterocycles. The lowest BCUT2D eigenvalue weighted by molar-refractivity contribution is -0.156. The van der Waals surface area contributed by atoms with Crippen LogP contribution in [0.2, 0.25) is 0 Å². The smallest absolute Gasteiger partial charge is 0.391 e. The normalized spacial score (nSPS) is 13.6. The Bertz CT molecular complexity index is 220. The van der Waals surface area contributed by atoms with Crippen LogP contribution in [0, 0.1) is 12.5 Å². The molecule has 0 heterocycles. The molecular formula is C10H17NO2. The summed E-state index contributed by atoms with van der Waals surface area (Å²) in [7, 11) is 0. The second kappa shape index (κ2) is 4.27. The molecule has 3 heteroatoms. The zero-order valence-electron chi connectivity index (χ0n) is 8.92. The van der Waals surface area contributed by atoms with E-state index >= 15 is 0 Å². The van der Waals surface area contributed by atoms with Crippen molar-refractivity contribution >= 4 is 5.97 Å². The van der Waals surface area contributed by atoms with E-state index in [1.807, 2.05) is 13.8 Å². The van der Waals surface area contributed by atoms with Crippen LogP contribution in [0.25, 0.3) is 4.85 Å². The average molecular weight is 183 g/mol. The van der Waals surface area contributed by atoms with Gasteiger partial charge in [-0.15, -0.1) is 0 Å². The summed E-state index contributed by atoms with van der Waals surface area (Å²) >= 11 is 0. The average Bonchev–Trinajstić information content (AvgIpc) is 1.82. The fraction of sp³-hybridized carbons (Fsp3) is 0.800. The predicted octanol–water partition coefficient (Wildman–Crippen LogP) is 2.27. The van der Waals surface area contributed by atoms with Crippen molar-refractivity contribution < 1.29 is 9.53 Å². The van der Waals surface area contributed by atoms with Crippen LogP contribution in [0.3, 0.4) is 0 Å². The Hall–Kier alpha value is -1.04. The molecule has 0 aromatic rings. The highest BCUT2D eigenvalue weighted by Gasteiger charge is 2.32. The van der Waals surface area contributed by atoms with Gasteiger partial charge < -0.3 is 9.58 Å².